The molecule has 24 heavy (non-hydrogen) atoms. The number of benzene rings is 1. The zero-order valence-electron chi connectivity index (χ0n) is 13.2. The van der Waals surface area contributed by atoms with E-state index in [0.717, 1.165) is 36.4 Å². The van der Waals surface area contributed by atoms with E-state index in [4.69, 9.17) is 11.8 Å². The summed E-state index contributed by atoms with van der Waals surface area (Å²) in [6, 6.07) is 6.29. The molecule has 8 heteroatoms. The lowest BCUT2D eigenvalue weighted by molar-refractivity contribution is 0.175. The maximum Gasteiger partial charge on any atom is 0.323 e. The average molecular weight is 369 g/mol. The predicted molar refractivity (Wildman–Crippen MR) is 94.7 cm³/mol. The molecule has 1 aromatic heterocycles. The number of piperidine rings is 1. The molecule has 0 spiro atoms. The second kappa shape index (κ2) is 7.46. The van der Waals surface area contributed by atoms with E-state index in [9.17, 15) is 9.18 Å². The van der Waals surface area contributed by atoms with Crippen molar-refractivity contribution < 1.29 is 9.18 Å². The Morgan fingerprint density at radius 1 is 1.46 bits per heavy atom. The van der Waals surface area contributed by atoms with Crippen LogP contribution in [0.15, 0.2) is 30.5 Å². The third kappa shape index (κ3) is 4.03. The van der Waals surface area contributed by atoms with Crippen LogP contribution in [0.1, 0.15) is 12.8 Å². The molecule has 1 N–H and O–H groups in total. The molecule has 5 nitrogen and oxygen atoms in total. The average Bonchev–Trinajstić information content (AvgIpc) is 3.03. The highest BCUT2D eigenvalue weighted by atomic mass is 35.5. The summed E-state index contributed by atoms with van der Waals surface area (Å²) in [5.74, 6) is -0.295. The van der Waals surface area contributed by atoms with Gasteiger partial charge in [-0.15, -0.1) is 0 Å². The molecular formula is C16H18ClFN4OS. The zero-order chi connectivity index (χ0) is 17.1. The van der Waals surface area contributed by atoms with Crippen molar-refractivity contribution in [2.75, 3.05) is 25.5 Å². The van der Waals surface area contributed by atoms with Crippen molar-refractivity contribution in [2.24, 2.45) is 0 Å². The van der Waals surface area contributed by atoms with Gasteiger partial charge < -0.3 is 4.90 Å². The first kappa shape index (κ1) is 17.1. The minimum absolute atomic E-state index is 0.169. The normalized spacial score (nSPS) is 16.1. The van der Waals surface area contributed by atoms with Crippen molar-refractivity contribution in [1.82, 2.24) is 14.3 Å². The van der Waals surface area contributed by atoms with Gasteiger partial charge in [-0.1, -0.05) is 23.5 Å². The smallest absolute Gasteiger partial charge is 0.323 e. The molecule has 2 heterocycles. The molecule has 0 radical (unpaired) electrons. The third-order valence-corrected chi connectivity index (χ3v) is 5.41. The second-order valence-corrected chi connectivity index (χ2v) is 7.23. The highest BCUT2D eigenvalue weighted by Gasteiger charge is 2.25. The number of aromatic nitrogens is 1. The summed E-state index contributed by atoms with van der Waals surface area (Å²) in [4.78, 5) is 19.1. The summed E-state index contributed by atoms with van der Waals surface area (Å²) in [7, 11) is 1.78. The van der Waals surface area contributed by atoms with Gasteiger partial charge in [0.25, 0.3) is 0 Å². The van der Waals surface area contributed by atoms with Crippen molar-refractivity contribution >= 4 is 34.3 Å². The monoisotopic (exact) mass is 368 g/mol. The quantitative estimate of drug-likeness (QED) is 0.832. The number of anilines is 1. The Kier molecular flexibility index (Phi) is 5.33. The molecule has 1 fully saturated rings. The van der Waals surface area contributed by atoms with Gasteiger partial charge in [0.2, 0.25) is 0 Å². The first-order valence-corrected chi connectivity index (χ1v) is 8.84. The highest BCUT2D eigenvalue weighted by molar-refractivity contribution is 7.19. The fourth-order valence-corrected chi connectivity index (χ4v) is 3.67. The maximum atomic E-state index is 13.3. The Labute approximate surface area is 149 Å². The number of nitrogens with one attached hydrogen (secondary N) is 1. The Hall–Kier alpha value is -1.70. The number of thiazole rings is 1. The Balaban J connectivity index is 1.63. The molecule has 0 bridgehead atoms. The predicted octanol–water partition coefficient (Wildman–Crippen LogP) is 4.03. The summed E-state index contributed by atoms with van der Waals surface area (Å²) in [6.07, 6.45) is 3.33. The van der Waals surface area contributed by atoms with E-state index in [1.807, 2.05) is 6.07 Å². The van der Waals surface area contributed by atoms with Gasteiger partial charge in [-0.05, 0) is 42.3 Å². The van der Waals surface area contributed by atoms with Crippen LogP contribution >= 0.6 is 23.1 Å². The van der Waals surface area contributed by atoms with Gasteiger partial charge in [0, 0.05) is 32.4 Å². The van der Waals surface area contributed by atoms with Crippen LogP contribution in [-0.4, -0.2) is 46.5 Å². The first-order valence-electron chi connectivity index (χ1n) is 7.69. The topological polar surface area (TPSA) is 48.5 Å². The number of amides is 2. The minimum Gasteiger partial charge on any atom is -0.324 e. The van der Waals surface area contributed by atoms with Crippen molar-refractivity contribution in [3.8, 4) is 10.4 Å². The summed E-state index contributed by atoms with van der Waals surface area (Å²) in [6.45, 7) is 1.54. The molecule has 0 unspecified atom stereocenters. The number of halogens is 2. The molecule has 3 rings (SSSR count). The van der Waals surface area contributed by atoms with Crippen molar-refractivity contribution in [3.63, 3.8) is 0 Å². The van der Waals surface area contributed by atoms with Crippen LogP contribution in [0.5, 0.6) is 0 Å². The fraction of sp³-hybridized carbons (Fsp3) is 0.375. The molecule has 2 amide bonds. The van der Waals surface area contributed by atoms with Crippen molar-refractivity contribution in [1.29, 1.82) is 0 Å². The van der Waals surface area contributed by atoms with Crippen LogP contribution in [-0.2, 0) is 0 Å². The van der Waals surface area contributed by atoms with Gasteiger partial charge in [0.1, 0.15) is 5.82 Å². The maximum absolute atomic E-state index is 13.3. The molecule has 1 aliphatic rings. The zero-order valence-corrected chi connectivity index (χ0v) is 14.8. The van der Waals surface area contributed by atoms with Gasteiger partial charge >= 0.3 is 6.03 Å². The molecular weight excluding hydrogens is 351 g/mol. The first-order chi connectivity index (χ1) is 11.5. The number of hydrogen-bond donors (Lipinski definition) is 1. The van der Waals surface area contributed by atoms with E-state index < -0.39 is 0 Å². The molecule has 1 aliphatic heterocycles. The number of carbonyl (C=O) groups is 1. The Bertz CT molecular complexity index is 718. The SMILES string of the molecule is CN(C(=O)Nc1ncc(-c2cccc(F)c2)s1)C1CCN(Cl)CC1. The van der Waals surface area contributed by atoms with Gasteiger partial charge in [0.05, 0.1) is 4.88 Å². The summed E-state index contributed by atoms with van der Waals surface area (Å²) in [5, 5.41) is 3.31. The Morgan fingerprint density at radius 2 is 2.21 bits per heavy atom. The van der Waals surface area contributed by atoms with Crippen molar-refractivity contribution in [2.45, 2.75) is 18.9 Å². The molecule has 1 saturated heterocycles. The van der Waals surface area contributed by atoms with Crippen LogP contribution in [0.4, 0.5) is 14.3 Å². The van der Waals surface area contributed by atoms with Gasteiger partial charge in [-0.25, -0.2) is 18.6 Å². The Morgan fingerprint density at radius 3 is 2.92 bits per heavy atom. The highest BCUT2D eigenvalue weighted by Crippen LogP contribution is 2.29. The lowest BCUT2D eigenvalue weighted by atomic mass is 10.1. The van der Waals surface area contributed by atoms with Crippen LogP contribution in [0.25, 0.3) is 10.4 Å². The van der Waals surface area contributed by atoms with E-state index in [-0.39, 0.29) is 17.9 Å². The van der Waals surface area contributed by atoms with E-state index >= 15 is 0 Å². The molecule has 1 aromatic carbocycles. The molecule has 128 valence electrons. The number of urea groups is 1. The van der Waals surface area contributed by atoms with Gasteiger partial charge in [-0.3, -0.25) is 5.32 Å². The number of hydrogen-bond acceptors (Lipinski definition) is 4. The number of carbonyl (C=O) groups excluding carboxylic acids is 1. The minimum atomic E-state index is -0.295. The summed E-state index contributed by atoms with van der Waals surface area (Å²) >= 11 is 7.27. The standard InChI is InChI=1S/C16H18ClFN4OS/c1-21(13-5-7-22(17)8-6-13)16(23)20-15-19-10-14(24-15)11-3-2-4-12(18)9-11/h2-4,9-10,13H,5-8H2,1H3,(H,19,20,23). The second-order valence-electron chi connectivity index (χ2n) is 5.72. The van der Waals surface area contributed by atoms with Gasteiger partial charge in [-0.2, -0.15) is 0 Å². The summed E-state index contributed by atoms with van der Waals surface area (Å²) < 4.78 is 15.0. The van der Waals surface area contributed by atoms with E-state index in [1.54, 1.807) is 28.6 Å². The summed E-state index contributed by atoms with van der Waals surface area (Å²) in [5.41, 5.74) is 0.746. The molecule has 2 aromatic rings. The van der Waals surface area contributed by atoms with Crippen LogP contribution in [0.2, 0.25) is 0 Å². The van der Waals surface area contributed by atoms with E-state index in [1.165, 1.54) is 23.5 Å². The fourth-order valence-electron chi connectivity index (χ4n) is 2.67. The van der Waals surface area contributed by atoms with Crippen LogP contribution in [0, 0.1) is 5.82 Å². The largest absolute Gasteiger partial charge is 0.324 e. The molecule has 0 aliphatic carbocycles. The number of nitrogens with zero attached hydrogens (tertiary/aromatic N) is 3. The van der Waals surface area contributed by atoms with Crippen molar-refractivity contribution in [3.05, 3.63) is 36.3 Å². The van der Waals surface area contributed by atoms with Gasteiger partial charge in [0.15, 0.2) is 5.13 Å². The van der Waals surface area contributed by atoms with E-state index in [2.05, 4.69) is 10.3 Å². The molecule has 0 atom stereocenters. The van der Waals surface area contributed by atoms with E-state index in [0.29, 0.717) is 5.13 Å². The third-order valence-electron chi connectivity index (χ3n) is 4.11. The lowest BCUT2D eigenvalue weighted by Gasteiger charge is -2.33. The van der Waals surface area contributed by atoms with Crippen LogP contribution < -0.4 is 5.32 Å². The molecule has 0 saturated carbocycles. The number of rotatable bonds is 3. The van der Waals surface area contributed by atoms with Crippen LogP contribution in [0.3, 0.4) is 0 Å². The lowest BCUT2D eigenvalue weighted by Crippen LogP contribution is -2.45.